The Morgan fingerprint density at radius 1 is 1.44 bits per heavy atom. The standard InChI is InChI=1S/C14H19ClN2O/c1-10-6-4-7-12-13(10)16-14(11(2)15)17(12)8-5-9-18-3/h4,6-7,11H,5,8-9H2,1-3H3. The molecule has 1 aromatic heterocycles. The molecule has 2 rings (SSSR count). The summed E-state index contributed by atoms with van der Waals surface area (Å²) in [5.41, 5.74) is 3.41. The molecule has 1 heterocycles. The van der Waals surface area contributed by atoms with Gasteiger partial charge in [-0.1, -0.05) is 12.1 Å². The van der Waals surface area contributed by atoms with Gasteiger partial charge in [0, 0.05) is 20.3 Å². The summed E-state index contributed by atoms with van der Waals surface area (Å²) in [5, 5.41) is -0.0839. The molecule has 0 aliphatic rings. The highest BCUT2D eigenvalue weighted by Gasteiger charge is 2.15. The SMILES string of the molecule is COCCCn1c(C(C)Cl)nc2c(C)cccc21. The number of methoxy groups -OCH3 is 1. The highest BCUT2D eigenvalue weighted by Crippen LogP contribution is 2.26. The number of halogens is 1. The van der Waals surface area contributed by atoms with E-state index in [0.29, 0.717) is 0 Å². The van der Waals surface area contributed by atoms with E-state index < -0.39 is 0 Å². The third-order valence-corrected chi connectivity index (χ3v) is 3.29. The average Bonchev–Trinajstić information content (AvgIpc) is 2.70. The number of rotatable bonds is 5. The number of imidazole rings is 1. The van der Waals surface area contributed by atoms with Crippen LogP contribution in [0.3, 0.4) is 0 Å². The molecule has 1 unspecified atom stereocenters. The van der Waals surface area contributed by atoms with Crippen LogP contribution < -0.4 is 0 Å². The highest BCUT2D eigenvalue weighted by molar-refractivity contribution is 6.20. The fraction of sp³-hybridized carbons (Fsp3) is 0.500. The molecule has 0 N–H and O–H groups in total. The van der Waals surface area contributed by atoms with Gasteiger partial charge >= 0.3 is 0 Å². The molecule has 4 heteroatoms. The molecule has 0 amide bonds. The summed E-state index contributed by atoms with van der Waals surface area (Å²) in [7, 11) is 1.72. The maximum absolute atomic E-state index is 6.23. The van der Waals surface area contributed by atoms with Crippen molar-refractivity contribution < 1.29 is 4.74 Å². The minimum absolute atomic E-state index is 0.0839. The fourth-order valence-corrected chi connectivity index (χ4v) is 2.38. The van der Waals surface area contributed by atoms with Crippen molar-refractivity contribution in [2.75, 3.05) is 13.7 Å². The second kappa shape index (κ2) is 5.72. The Balaban J connectivity index is 2.46. The van der Waals surface area contributed by atoms with E-state index >= 15 is 0 Å². The third kappa shape index (κ3) is 2.52. The Bertz CT molecular complexity index is 534. The molecule has 18 heavy (non-hydrogen) atoms. The summed E-state index contributed by atoms with van der Waals surface area (Å²) >= 11 is 6.23. The van der Waals surface area contributed by atoms with Crippen LogP contribution in [0.2, 0.25) is 0 Å². The van der Waals surface area contributed by atoms with Gasteiger partial charge in [0.1, 0.15) is 5.82 Å². The van der Waals surface area contributed by atoms with Gasteiger partial charge in [0.25, 0.3) is 0 Å². The van der Waals surface area contributed by atoms with Crippen LogP contribution >= 0.6 is 11.6 Å². The third-order valence-electron chi connectivity index (χ3n) is 3.10. The number of hydrogen-bond acceptors (Lipinski definition) is 2. The van der Waals surface area contributed by atoms with Crippen LogP contribution in [0.15, 0.2) is 18.2 Å². The van der Waals surface area contributed by atoms with E-state index in [1.54, 1.807) is 7.11 Å². The topological polar surface area (TPSA) is 27.1 Å². The van der Waals surface area contributed by atoms with Crippen LogP contribution in [-0.2, 0) is 11.3 Å². The van der Waals surface area contributed by atoms with Gasteiger partial charge in [-0.3, -0.25) is 0 Å². The largest absolute Gasteiger partial charge is 0.385 e. The van der Waals surface area contributed by atoms with Crippen molar-refractivity contribution in [1.82, 2.24) is 9.55 Å². The minimum atomic E-state index is -0.0839. The first-order valence-electron chi connectivity index (χ1n) is 6.24. The first-order chi connectivity index (χ1) is 8.65. The second-order valence-corrected chi connectivity index (χ2v) is 5.18. The lowest BCUT2D eigenvalue weighted by molar-refractivity contribution is 0.190. The van der Waals surface area contributed by atoms with E-state index in [4.69, 9.17) is 16.3 Å². The number of para-hydroxylation sites is 1. The van der Waals surface area contributed by atoms with E-state index in [1.807, 2.05) is 6.92 Å². The Hall–Kier alpha value is -1.06. The van der Waals surface area contributed by atoms with Gasteiger partial charge in [-0.15, -0.1) is 11.6 Å². The normalized spacial score (nSPS) is 13.1. The van der Waals surface area contributed by atoms with Gasteiger partial charge in [0.15, 0.2) is 0 Å². The van der Waals surface area contributed by atoms with Crippen LogP contribution in [0.1, 0.15) is 30.1 Å². The predicted molar refractivity (Wildman–Crippen MR) is 75.2 cm³/mol. The summed E-state index contributed by atoms with van der Waals surface area (Å²) < 4.78 is 7.32. The number of aromatic nitrogens is 2. The molecule has 0 saturated carbocycles. The Kier molecular flexibility index (Phi) is 4.25. The lowest BCUT2D eigenvalue weighted by Gasteiger charge is -2.10. The number of benzene rings is 1. The second-order valence-electron chi connectivity index (χ2n) is 4.53. The van der Waals surface area contributed by atoms with Gasteiger partial charge in [-0.25, -0.2) is 4.98 Å². The summed E-state index contributed by atoms with van der Waals surface area (Å²) in [5.74, 6) is 0.942. The zero-order valence-corrected chi connectivity index (χ0v) is 11.9. The summed E-state index contributed by atoms with van der Waals surface area (Å²) in [4.78, 5) is 4.68. The molecule has 1 atom stereocenters. The van der Waals surface area contributed by atoms with Crippen LogP contribution in [-0.4, -0.2) is 23.3 Å². The Morgan fingerprint density at radius 3 is 2.89 bits per heavy atom. The fourth-order valence-electron chi connectivity index (χ4n) is 2.21. The van der Waals surface area contributed by atoms with E-state index in [-0.39, 0.29) is 5.38 Å². The number of aryl methyl sites for hydroxylation is 2. The zero-order valence-electron chi connectivity index (χ0n) is 11.1. The van der Waals surface area contributed by atoms with Crippen molar-refractivity contribution in [2.45, 2.75) is 32.2 Å². The maximum atomic E-state index is 6.23. The molecular weight excluding hydrogens is 248 g/mol. The molecule has 0 radical (unpaired) electrons. The van der Waals surface area contributed by atoms with Crippen LogP contribution in [0.4, 0.5) is 0 Å². The van der Waals surface area contributed by atoms with Crippen molar-refractivity contribution in [3.8, 4) is 0 Å². The van der Waals surface area contributed by atoms with Crippen molar-refractivity contribution in [3.63, 3.8) is 0 Å². The van der Waals surface area contributed by atoms with Gasteiger partial charge in [0.2, 0.25) is 0 Å². The van der Waals surface area contributed by atoms with Gasteiger partial charge < -0.3 is 9.30 Å². The summed E-state index contributed by atoms with van der Waals surface area (Å²) in [6, 6.07) is 6.25. The molecular formula is C14H19ClN2O. The van der Waals surface area contributed by atoms with Crippen LogP contribution in [0.5, 0.6) is 0 Å². The zero-order chi connectivity index (χ0) is 13.1. The maximum Gasteiger partial charge on any atom is 0.127 e. The van der Waals surface area contributed by atoms with Gasteiger partial charge in [0.05, 0.1) is 16.4 Å². The molecule has 0 saturated heterocycles. The number of fused-ring (bicyclic) bond motifs is 1. The average molecular weight is 267 g/mol. The van der Waals surface area contributed by atoms with Gasteiger partial charge in [-0.05, 0) is 31.9 Å². The number of ether oxygens (including phenoxy) is 1. The first kappa shape index (κ1) is 13.4. The number of alkyl halides is 1. The molecule has 3 nitrogen and oxygen atoms in total. The quantitative estimate of drug-likeness (QED) is 0.610. The molecule has 1 aromatic carbocycles. The van der Waals surface area contributed by atoms with Crippen molar-refractivity contribution in [2.24, 2.45) is 0 Å². The number of hydrogen-bond donors (Lipinski definition) is 0. The van der Waals surface area contributed by atoms with Crippen LogP contribution in [0.25, 0.3) is 11.0 Å². The smallest absolute Gasteiger partial charge is 0.127 e. The Morgan fingerprint density at radius 2 is 2.22 bits per heavy atom. The Labute approximate surface area is 113 Å². The predicted octanol–water partition coefficient (Wildman–Crippen LogP) is 3.68. The van der Waals surface area contributed by atoms with E-state index in [0.717, 1.165) is 36.4 Å². The summed E-state index contributed by atoms with van der Waals surface area (Å²) in [6.07, 6.45) is 0.965. The monoisotopic (exact) mass is 266 g/mol. The van der Waals surface area contributed by atoms with Crippen molar-refractivity contribution >= 4 is 22.6 Å². The highest BCUT2D eigenvalue weighted by atomic mass is 35.5. The molecule has 0 spiro atoms. The molecule has 0 aliphatic carbocycles. The molecule has 98 valence electrons. The van der Waals surface area contributed by atoms with Crippen molar-refractivity contribution in [1.29, 1.82) is 0 Å². The lowest BCUT2D eigenvalue weighted by Crippen LogP contribution is -2.06. The van der Waals surface area contributed by atoms with Crippen LogP contribution in [0, 0.1) is 6.92 Å². The molecule has 2 aromatic rings. The number of nitrogens with zero attached hydrogens (tertiary/aromatic N) is 2. The van der Waals surface area contributed by atoms with E-state index in [9.17, 15) is 0 Å². The molecule has 0 fully saturated rings. The summed E-state index contributed by atoms with van der Waals surface area (Å²) in [6.45, 7) is 5.68. The van der Waals surface area contributed by atoms with Crippen molar-refractivity contribution in [3.05, 3.63) is 29.6 Å². The molecule has 0 bridgehead atoms. The minimum Gasteiger partial charge on any atom is -0.385 e. The van der Waals surface area contributed by atoms with E-state index in [2.05, 4.69) is 34.7 Å². The van der Waals surface area contributed by atoms with Gasteiger partial charge in [-0.2, -0.15) is 0 Å². The first-order valence-corrected chi connectivity index (χ1v) is 6.67. The molecule has 0 aliphatic heterocycles. The lowest BCUT2D eigenvalue weighted by atomic mass is 10.2. The van der Waals surface area contributed by atoms with E-state index in [1.165, 1.54) is 5.56 Å².